The maximum absolute atomic E-state index is 14.3. The van der Waals surface area contributed by atoms with Crippen LogP contribution < -0.4 is 14.8 Å². The van der Waals surface area contributed by atoms with E-state index in [2.05, 4.69) is 64.8 Å². The Balaban J connectivity index is 1.52. The van der Waals surface area contributed by atoms with Crippen LogP contribution in [0.25, 0.3) is 10.8 Å². The van der Waals surface area contributed by atoms with E-state index in [1.165, 1.54) is 17.2 Å². The highest BCUT2D eigenvalue weighted by Crippen LogP contribution is 2.33. The zero-order chi connectivity index (χ0) is 25.6. The normalized spacial score (nSPS) is 20.1. The molecule has 1 heterocycles. The number of nitrogens with zero attached hydrogens (tertiary/aromatic N) is 1. The number of benzene rings is 3. The third kappa shape index (κ3) is 5.83. The first-order valence-corrected chi connectivity index (χ1v) is 13.6. The molecule has 0 spiro atoms. The number of methoxy groups -OCH3 is 2. The second-order valence-corrected chi connectivity index (χ2v) is 10.3. The molecule has 3 atom stereocenters. The number of ether oxygens (including phenoxy) is 2. The molecular formula is C32H38N2O3. The van der Waals surface area contributed by atoms with Gasteiger partial charge in [-0.1, -0.05) is 48.6 Å². The Morgan fingerprint density at radius 1 is 0.973 bits per heavy atom. The van der Waals surface area contributed by atoms with Crippen LogP contribution in [0.1, 0.15) is 54.4 Å². The monoisotopic (exact) mass is 498 g/mol. The van der Waals surface area contributed by atoms with Gasteiger partial charge in [0.05, 0.1) is 14.2 Å². The summed E-state index contributed by atoms with van der Waals surface area (Å²) in [6.07, 6.45) is 11.3. The van der Waals surface area contributed by atoms with Crippen molar-refractivity contribution >= 4 is 16.7 Å². The van der Waals surface area contributed by atoms with Crippen LogP contribution >= 0.6 is 0 Å². The number of carbonyl (C=O) groups is 1. The van der Waals surface area contributed by atoms with Gasteiger partial charge in [-0.25, -0.2) is 0 Å². The van der Waals surface area contributed by atoms with Crippen molar-refractivity contribution in [2.45, 2.75) is 57.2 Å². The van der Waals surface area contributed by atoms with Crippen molar-refractivity contribution < 1.29 is 14.3 Å². The number of fused-ring (bicyclic) bond motifs is 1. The summed E-state index contributed by atoms with van der Waals surface area (Å²) < 4.78 is 11.0. The van der Waals surface area contributed by atoms with Crippen LogP contribution in [0.3, 0.4) is 0 Å². The summed E-state index contributed by atoms with van der Waals surface area (Å²) in [7, 11) is 3.23. The zero-order valence-electron chi connectivity index (χ0n) is 22.0. The van der Waals surface area contributed by atoms with Crippen molar-refractivity contribution in [3.63, 3.8) is 0 Å². The number of hydrogen-bond acceptors (Lipinski definition) is 4. The summed E-state index contributed by atoms with van der Waals surface area (Å²) in [6, 6.07) is 20.9. The van der Waals surface area contributed by atoms with Crippen molar-refractivity contribution in [3.8, 4) is 11.5 Å². The molecule has 37 heavy (non-hydrogen) atoms. The van der Waals surface area contributed by atoms with Gasteiger partial charge in [0.25, 0.3) is 5.91 Å². The van der Waals surface area contributed by atoms with E-state index in [1.54, 1.807) is 14.2 Å². The topological polar surface area (TPSA) is 50.8 Å². The molecule has 194 valence electrons. The van der Waals surface area contributed by atoms with Gasteiger partial charge in [0.15, 0.2) is 11.5 Å². The molecule has 0 bridgehead atoms. The lowest BCUT2D eigenvalue weighted by molar-refractivity contribution is 0.0579. The predicted octanol–water partition coefficient (Wildman–Crippen LogP) is 6.37. The van der Waals surface area contributed by atoms with Gasteiger partial charge >= 0.3 is 0 Å². The highest BCUT2D eigenvalue weighted by atomic mass is 16.5. The quantitative estimate of drug-likeness (QED) is 0.349. The Morgan fingerprint density at radius 2 is 1.81 bits per heavy atom. The van der Waals surface area contributed by atoms with E-state index in [4.69, 9.17) is 9.47 Å². The van der Waals surface area contributed by atoms with Crippen molar-refractivity contribution in [3.05, 3.63) is 83.9 Å². The minimum Gasteiger partial charge on any atom is -0.493 e. The van der Waals surface area contributed by atoms with Crippen LogP contribution in [-0.4, -0.2) is 43.7 Å². The predicted molar refractivity (Wildman–Crippen MR) is 149 cm³/mol. The Morgan fingerprint density at radius 3 is 2.54 bits per heavy atom. The maximum atomic E-state index is 14.3. The Kier molecular flexibility index (Phi) is 8.10. The SMILES string of the molecule is COc1ccc(C(=O)N(Cc2ccc3ccccc3c2)C(CC2CC=CCC2)C2CCCN2)cc1OC. The highest BCUT2D eigenvalue weighted by molar-refractivity contribution is 5.95. The molecule has 1 amide bonds. The van der Waals surface area contributed by atoms with Crippen LogP contribution in [0.15, 0.2) is 72.8 Å². The molecule has 3 unspecified atom stereocenters. The van der Waals surface area contributed by atoms with Gasteiger partial charge in [-0.05, 0) is 91.6 Å². The first kappa shape index (κ1) is 25.3. The summed E-state index contributed by atoms with van der Waals surface area (Å²) in [5.41, 5.74) is 1.78. The summed E-state index contributed by atoms with van der Waals surface area (Å²) in [6.45, 7) is 1.59. The van der Waals surface area contributed by atoms with Crippen LogP contribution in [0.5, 0.6) is 11.5 Å². The fourth-order valence-electron chi connectivity index (χ4n) is 5.97. The minimum atomic E-state index is 0.0409. The van der Waals surface area contributed by atoms with Gasteiger partial charge in [0.2, 0.25) is 0 Å². The molecule has 0 aromatic heterocycles. The molecule has 0 saturated carbocycles. The van der Waals surface area contributed by atoms with Gasteiger partial charge in [0.1, 0.15) is 0 Å². The summed E-state index contributed by atoms with van der Waals surface area (Å²) >= 11 is 0. The van der Waals surface area contributed by atoms with E-state index in [-0.39, 0.29) is 11.9 Å². The van der Waals surface area contributed by atoms with Crippen molar-refractivity contribution in [1.29, 1.82) is 0 Å². The third-order valence-corrected chi connectivity index (χ3v) is 7.97. The van der Waals surface area contributed by atoms with E-state index in [9.17, 15) is 4.79 Å². The van der Waals surface area contributed by atoms with E-state index in [0.29, 0.717) is 35.6 Å². The summed E-state index contributed by atoms with van der Waals surface area (Å²) in [5.74, 6) is 1.84. The van der Waals surface area contributed by atoms with Gasteiger partial charge in [-0.2, -0.15) is 0 Å². The molecule has 5 nitrogen and oxygen atoms in total. The number of rotatable bonds is 9. The molecule has 1 N–H and O–H groups in total. The number of allylic oxidation sites excluding steroid dienone is 2. The number of carbonyl (C=O) groups excluding carboxylic acids is 1. The molecule has 3 aromatic carbocycles. The lowest BCUT2D eigenvalue weighted by Crippen LogP contribution is -2.50. The summed E-state index contributed by atoms with van der Waals surface area (Å²) in [5, 5.41) is 6.15. The molecular weight excluding hydrogens is 460 g/mol. The molecule has 1 saturated heterocycles. The zero-order valence-corrected chi connectivity index (χ0v) is 22.0. The molecule has 3 aromatic rings. The van der Waals surface area contributed by atoms with Crippen molar-refractivity contribution in [2.24, 2.45) is 5.92 Å². The first-order valence-electron chi connectivity index (χ1n) is 13.6. The third-order valence-electron chi connectivity index (χ3n) is 7.97. The van der Waals surface area contributed by atoms with Crippen LogP contribution in [0.4, 0.5) is 0 Å². The minimum absolute atomic E-state index is 0.0409. The average Bonchev–Trinajstić information content (AvgIpc) is 3.49. The highest BCUT2D eigenvalue weighted by Gasteiger charge is 2.35. The van der Waals surface area contributed by atoms with E-state index in [1.807, 2.05) is 18.2 Å². The molecule has 2 aliphatic rings. The lowest BCUT2D eigenvalue weighted by atomic mass is 9.85. The fourth-order valence-corrected chi connectivity index (χ4v) is 5.97. The van der Waals surface area contributed by atoms with E-state index >= 15 is 0 Å². The van der Waals surface area contributed by atoms with Crippen molar-refractivity contribution in [2.75, 3.05) is 20.8 Å². The smallest absolute Gasteiger partial charge is 0.254 e. The fraction of sp³-hybridized carbons (Fsp3) is 0.406. The Labute approximate surface area is 220 Å². The van der Waals surface area contributed by atoms with Gasteiger partial charge in [-0.3, -0.25) is 4.79 Å². The van der Waals surface area contributed by atoms with Gasteiger partial charge in [-0.15, -0.1) is 0 Å². The number of amides is 1. The molecule has 5 heteroatoms. The van der Waals surface area contributed by atoms with Crippen LogP contribution in [0, 0.1) is 5.92 Å². The standard InChI is InChI=1S/C32H38N2O3/c1-36-30-17-16-27(21-31(30)37-2)32(35)34(22-24-14-15-25-11-6-7-12-26(25)19-24)29(28-13-8-18-33-28)20-23-9-4-3-5-10-23/h3-4,6-7,11-12,14-17,19,21,23,28-29,33H,5,8-10,13,18,20,22H2,1-2H3. The maximum Gasteiger partial charge on any atom is 0.254 e. The Hall–Kier alpha value is -3.31. The largest absolute Gasteiger partial charge is 0.493 e. The molecule has 1 aliphatic heterocycles. The second kappa shape index (κ2) is 11.8. The van der Waals surface area contributed by atoms with Crippen LogP contribution in [0.2, 0.25) is 0 Å². The van der Waals surface area contributed by atoms with Crippen molar-refractivity contribution in [1.82, 2.24) is 10.2 Å². The molecule has 0 radical (unpaired) electrons. The Bertz CT molecular complexity index is 1250. The second-order valence-electron chi connectivity index (χ2n) is 10.3. The molecule has 1 fully saturated rings. The van der Waals surface area contributed by atoms with Gasteiger partial charge in [0, 0.05) is 24.2 Å². The summed E-state index contributed by atoms with van der Waals surface area (Å²) in [4.78, 5) is 16.4. The lowest BCUT2D eigenvalue weighted by Gasteiger charge is -2.38. The van der Waals surface area contributed by atoms with Crippen LogP contribution in [-0.2, 0) is 6.54 Å². The molecule has 5 rings (SSSR count). The van der Waals surface area contributed by atoms with Gasteiger partial charge < -0.3 is 19.7 Å². The first-order chi connectivity index (χ1) is 18.2. The molecule has 1 aliphatic carbocycles. The van der Waals surface area contributed by atoms with E-state index in [0.717, 1.165) is 44.2 Å². The van der Waals surface area contributed by atoms with E-state index < -0.39 is 0 Å². The number of nitrogens with one attached hydrogen (secondary N) is 1. The average molecular weight is 499 g/mol. The number of hydrogen-bond donors (Lipinski definition) is 1.